The Hall–Kier alpha value is -3.20. The Balaban J connectivity index is 1.61. The second kappa shape index (κ2) is 8.00. The summed E-state index contributed by atoms with van der Waals surface area (Å²) < 4.78 is 0. The molecule has 3 nitrogen and oxygen atoms in total. The number of hydrazone groups is 1. The van der Waals surface area contributed by atoms with Crippen LogP contribution in [0, 0.1) is 0 Å². The van der Waals surface area contributed by atoms with Gasteiger partial charge in [0, 0.05) is 5.56 Å². The van der Waals surface area contributed by atoms with Crippen molar-refractivity contribution in [2.45, 2.75) is 26.2 Å². The van der Waals surface area contributed by atoms with Crippen LogP contribution in [0.3, 0.4) is 0 Å². The van der Waals surface area contributed by atoms with Crippen molar-refractivity contribution in [3.05, 3.63) is 95.6 Å². The van der Waals surface area contributed by atoms with Crippen molar-refractivity contribution in [2.75, 3.05) is 0 Å². The van der Waals surface area contributed by atoms with Gasteiger partial charge in [-0.1, -0.05) is 87.5 Å². The molecule has 27 heavy (non-hydrogen) atoms. The van der Waals surface area contributed by atoms with Crippen LogP contribution in [0.5, 0.6) is 0 Å². The van der Waals surface area contributed by atoms with Crippen molar-refractivity contribution < 1.29 is 4.79 Å². The van der Waals surface area contributed by atoms with Gasteiger partial charge in [-0.05, 0) is 39.8 Å². The molecule has 136 valence electrons. The highest BCUT2D eigenvalue weighted by molar-refractivity contribution is 5.95. The highest BCUT2D eigenvalue weighted by Crippen LogP contribution is 2.22. The van der Waals surface area contributed by atoms with Gasteiger partial charge in [0.25, 0.3) is 5.91 Å². The fourth-order valence-corrected chi connectivity index (χ4v) is 2.74. The normalized spacial score (nSPS) is 11.5. The number of amides is 1. The number of carbonyl (C=O) groups excluding carboxylic acids is 1. The first-order valence-electron chi connectivity index (χ1n) is 9.03. The minimum absolute atomic E-state index is 0.0685. The zero-order chi connectivity index (χ0) is 19.3. The lowest BCUT2D eigenvalue weighted by Gasteiger charge is -2.18. The molecule has 0 aromatic heterocycles. The molecule has 1 N–H and O–H groups in total. The number of rotatable bonds is 4. The number of nitrogens with zero attached hydrogens (tertiary/aromatic N) is 1. The van der Waals surface area contributed by atoms with E-state index in [1.54, 1.807) is 6.21 Å². The Bertz CT molecular complexity index is 919. The smallest absolute Gasteiger partial charge is 0.267 e. The lowest BCUT2D eigenvalue weighted by atomic mass is 9.87. The standard InChI is InChI=1S/C24H24N2O/c1-24(2,3)22-15-13-21(14-16-22)23(27)26-25-17-18-9-11-20(12-10-18)19-7-5-4-6-8-19/h4-17H,1-3H3,(H,26,27). The van der Waals surface area contributed by atoms with E-state index < -0.39 is 0 Å². The molecule has 0 aliphatic carbocycles. The first-order valence-corrected chi connectivity index (χ1v) is 9.03. The van der Waals surface area contributed by atoms with Crippen molar-refractivity contribution in [2.24, 2.45) is 5.10 Å². The van der Waals surface area contributed by atoms with E-state index in [0.717, 1.165) is 11.1 Å². The van der Waals surface area contributed by atoms with Crippen molar-refractivity contribution >= 4 is 12.1 Å². The van der Waals surface area contributed by atoms with Gasteiger partial charge in [-0.2, -0.15) is 5.10 Å². The summed E-state index contributed by atoms with van der Waals surface area (Å²) in [5.74, 6) is -0.215. The third-order valence-electron chi connectivity index (χ3n) is 4.41. The van der Waals surface area contributed by atoms with Gasteiger partial charge in [-0.25, -0.2) is 5.43 Å². The molecule has 3 aromatic rings. The molecule has 0 radical (unpaired) electrons. The van der Waals surface area contributed by atoms with Gasteiger partial charge in [0.05, 0.1) is 6.21 Å². The summed E-state index contributed by atoms with van der Waals surface area (Å²) in [4.78, 5) is 12.2. The molecule has 3 aromatic carbocycles. The van der Waals surface area contributed by atoms with E-state index in [-0.39, 0.29) is 11.3 Å². The Morgan fingerprint density at radius 1 is 0.815 bits per heavy atom. The number of hydrogen-bond donors (Lipinski definition) is 1. The van der Waals surface area contributed by atoms with E-state index in [0.29, 0.717) is 5.56 Å². The zero-order valence-corrected chi connectivity index (χ0v) is 15.9. The Kier molecular flexibility index (Phi) is 5.51. The lowest BCUT2D eigenvalue weighted by Crippen LogP contribution is -2.18. The molecule has 0 atom stereocenters. The molecule has 0 bridgehead atoms. The second-order valence-corrected chi connectivity index (χ2v) is 7.51. The molecule has 0 saturated carbocycles. The van der Waals surface area contributed by atoms with Crippen LogP contribution in [0.1, 0.15) is 42.3 Å². The predicted molar refractivity (Wildman–Crippen MR) is 112 cm³/mol. The topological polar surface area (TPSA) is 41.5 Å². The number of benzene rings is 3. The third-order valence-corrected chi connectivity index (χ3v) is 4.41. The van der Waals surface area contributed by atoms with Crippen molar-refractivity contribution in [1.29, 1.82) is 0 Å². The number of hydrogen-bond acceptors (Lipinski definition) is 2. The van der Waals surface area contributed by atoms with E-state index in [1.165, 1.54) is 11.1 Å². The highest BCUT2D eigenvalue weighted by atomic mass is 16.2. The largest absolute Gasteiger partial charge is 0.271 e. The fourth-order valence-electron chi connectivity index (χ4n) is 2.74. The predicted octanol–water partition coefficient (Wildman–Crippen LogP) is 5.42. The summed E-state index contributed by atoms with van der Waals surface area (Å²) in [7, 11) is 0. The van der Waals surface area contributed by atoms with Gasteiger partial charge >= 0.3 is 0 Å². The molecule has 0 fully saturated rings. The summed E-state index contributed by atoms with van der Waals surface area (Å²) in [6, 6.07) is 25.9. The van der Waals surface area contributed by atoms with Crippen LogP contribution in [0.2, 0.25) is 0 Å². The maximum Gasteiger partial charge on any atom is 0.271 e. The quantitative estimate of drug-likeness (QED) is 0.492. The summed E-state index contributed by atoms with van der Waals surface area (Å²) >= 11 is 0. The average Bonchev–Trinajstić information content (AvgIpc) is 2.68. The molecule has 0 unspecified atom stereocenters. The van der Waals surface area contributed by atoms with Crippen molar-refractivity contribution in [3.8, 4) is 11.1 Å². The molecule has 0 spiro atoms. The van der Waals surface area contributed by atoms with Gasteiger partial charge in [0.1, 0.15) is 0 Å². The molecule has 0 aliphatic rings. The lowest BCUT2D eigenvalue weighted by molar-refractivity contribution is 0.0955. The number of carbonyl (C=O) groups is 1. The van der Waals surface area contributed by atoms with Crippen LogP contribution in [0.15, 0.2) is 84.0 Å². The summed E-state index contributed by atoms with van der Waals surface area (Å²) in [6.07, 6.45) is 1.65. The molecule has 0 aliphatic heterocycles. The van der Waals surface area contributed by atoms with E-state index in [4.69, 9.17) is 0 Å². The Labute approximate surface area is 160 Å². The van der Waals surface area contributed by atoms with E-state index in [9.17, 15) is 4.79 Å². The first kappa shape index (κ1) is 18.6. The summed E-state index contributed by atoms with van der Waals surface area (Å²) in [5.41, 5.74) is 7.69. The van der Waals surface area contributed by atoms with Gasteiger partial charge in [0.2, 0.25) is 0 Å². The second-order valence-electron chi connectivity index (χ2n) is 7.51. The van der Waals surface area contributed by atoms with Crippen molar-refractivity contribution in [1.82, 2.24) is 5.43 Å². The zero-order valence-electron chi connectivity index (χ0n) is 15.9. The molecule has 3 heteroatoms. The number of nitrogens with one attached hydrogen (secondary N) is 1. The van der Waals surface area contributed by atoms with Crippen LogP contribution in [-0.2, 0) is 5.41 Å². The molecule has 1 amide bonds. The van der Waals surface area contributed by atoms with E-state index in [2.05, 4.69) is 43.4 Å². The average molecular weight is 356 g/mol. The van der Waals surface area contributed by atoms with Crippen LogP contribution in [0.4, 0.5) is 0 Å². The van der Waals surface area contributed by atoms with E-state index in [1.807, 2.05) is 66.7 Å². The van der Waals surface area contributed by atoms with Gasteiger partial charge in [0.15, 0.2) is 0 Å². The highest BCUT2D eigenvalue weighted by Gasteiger charge is 2.14. The van der Waals surface area contributed by atoms with E-state index >= 15 is 0 Å². The fraction of sp³-hybridized carbons (Fsp3) is 0.167. The van der Waals surface area contributed by atoms with Gasteiger partial charge in [-0.15, -0.1) is 0 Å². The molecule has 0 saturated heterocycles. The van der Waals surface area contributed by atoms with Gasteiger partial charge in [-0.3, -0.25) is 4.79 Å². The third kappa shape index (κ3) is 4.91. The molecule has 3 rings (SSSR count). The van der Waals surface area contributed by atoms with Crippen molar-refractivity contribution in [3.63, 3.8) is 0 Å². The van der Waals surface area contributed by atoms with Crippen LogP contribution < -0.4 is 5.43 Å². The molecular weight excluding hydrogens is 332 g/mol. The first-order chi connectivity index (χ1) is 12.9. The molecular formula is C24H24N2O. The minimum Gasteiger partial charge on any atom is -0.267 e. The van der Waals surface area contributed by atoms with Crippen LogP contribution in [-0.4, -0.2) is 12.1 Å². The maximum atomic E-state index is 12.2. The monoisotopic (exact) mass is 356 g/mol. The Morgan fingerprint density at radius 3 is 2.00 bits per heavy atom. The van der Waals surface area contributed by atoms with Crippen LogP contribution in [0.25, 0.3) is 11.1 Å². The Morgan fingerprint density at radius 2 is 1.41 bits per heavy atom. The SMILES string of the molecule is CC(C)(C)c1ccc(C(=O)NN=Cc2ccc(-c3ccccc3)cc2)cc1. The minimum atomic E-state index is -0.215. The van der Waals surface area contributed by atoms with Gasteiger partial charge < -0.3 is 0 Å². The maximum absolute atomic E-state index is 12.2. The summed E-state index contributed by atoms with van der Waals surface area (Å²) in [6.45, 7) is 6.44. The summed E-state index contributed by atoms with van der Waals surface area (Å²) in [5, 5.41) is 4.07. The van der Waals surface area contributed by atoms with Crippen LogP contribution >= 0.6 is 0 Å². The molecule has 0 heterocycles.